The number of para-hydroxylation sites is 1. The van der Waals surface area contributed by atoms with Gasteiger partial charge in [0.1, 0.15) is 5.82 Å². The van der Waals surface area contributed by atoms with E-state index >= 15 is 0 Å². The van der Waals surface area contributed by atoms with Gasteiger partial charge in [0.2, 0.25) is 5.91 Å². The van der Waals surface area contributed by atoms with Crippen LogP contribution in [0.5, 0.6) is 0 Å². The fourth-order valence-corrected chi connectivity index (χ4v) is 4.20. The van der Waals surface area contributed by atoms with Crippen molar-refractivity contribution in [2.45, 2.75) is 30.8 Å². The van der Waals surface area contributed by atoms with Gasteiger partial charge in [-0.05, 0) is 31.0 Å². The first-order chi connectivity index (χ1) is 15.1. The van der Waals surface area contributed by atoms with Crippen molar-refractivity contribution in [2.24, 2.45) is 0 Å². The number of aromatic nitrogens is 3. The Labute approximate surface area is 186 Å². The van der Waals surface area contributed by atoms with Gasteiger partial charge < -0.3 is 9.88 Å². The Hall–Kier alpha value is -3.38. The molecule has 1 aromatic heterocycles. The molecule has 5 nitrogen and oxygen atoms in total. The van der Waals surface area contributed by atoms with Crippen LogP contribution in [0.15, 0.2) is 90.1 Å². The Bertz CT molecular complexity index is 1160. The summed E-state index contributed by atoms with van der Waals surface area (Å²) in [5.74, 6) is 0.758. The number of carbonyl (C=O) groups is 1. The van der Waals surface area contributed by atoms with Crippen LogP contribution in [0.2, 0.25) is 0 Å². The Morgan fingerprint density at radius 1 is 0.935 bits per heavy atom. The molecule has 1 unspecified atom stereocenters. The van der Waals surface area contributed by atoms with Crippen LogP contribution in [0, 0.1) is 6.92 Å². The van der Waals surface area contributed by atoms with E-state index in [0.29, 0.717) is 6.54 Å². The second-order valence-corrected chi connectivity index (χ2v) is 8.57. The fraction of sp³-hybridized carbons (Fsp3) is 0.160. The van der Waals surface area contributed by atoms with Gasteiger partial charge in [0.15, 0.2) is 5.16 Å². The van der Waals surface area contributed by atoms with Crippen LogP contribution in [-0.2, 0) is 11.3 Å². The van der Waals surface area contributed by atoms with Crippen LogP contribution >= 0.6 is 11.8 Å². The highest BCUT2D eigenvalue weighted by Crippen LogP contribution is 2.29. The van der Waals surface area contributed by atoms with Gasteiger partial charge in [-0.1, -0.05) is 90.6 Å². The number of benzene rings is 3. The molecule has 0 spiro atoms. The molecule has 0 aliphatic carbocycles. The van der Waals surface area contributed by atoms with Gasteiger partial charge in [0.05, 0.1) is 11.8 Å². The van der Waals surface area contributed by atoms with Gasteiger partial charge in [-0.2, -0.15) is 0 Å². The van der Waals surface area contributed by atoms with E-state index < -0.39 is 0 Å². The minimum atomic E-state index is -0.332. The normalized spacial score (nSPS) is 11.8. The molecule has 4 rings (SSSR count). The van der Waals surface area contributed by atoms with Crippen molar-refractivity contribution in [3.05, 3.63) is 96.3 Å². The smallest absolute Gasteiger partial charge is 0.237 e. The van der Waals surface area contributed by atoms with Crippen LogP contribution in [0.3, 0.4) is 0 Å². The molecular formula is C25H24N4OS. The number of rotatable bonds is 7. The van der Waals surface area contributed by atoms with Gasteiger partial charge in [0.25, 0.3) is 0 Å². The zero-order chi connectivity index (χ0) is 21.6. The molecule has 156 valence electrons. The molecule has 31 heavy (non-hydrogen) atoms. The number of nitrogens with one attached hydrogen (secondary N) is 1. The second-order valence-electron chi connectivity index (χ2n) is 7.26. The Morgan fingerprint density at radius 2 is 1.58 bits per heavy atom. The third kappa shape index (κ3) is 5.03. The van der Waals surface area contributed by atoms with E-state index in [2.05, 4.69) is 27.6 Å². The van der Waals surface area contributed by atoms with Crippen molar-refractivity contribution in [1.29, 1.82) is 0 Å². The van der Waals surface area contributed by atoms with E-state index in [4.69, 9.17) is 0 Å². The molecule has 0 bridgehead atoms. The maximum Gasteiger partial charge on any atom is 0.237 e. The topological polar surface area (TPSA) is 59.8 Å². The lowest BCUT2D eigenvalue weighted by atomic mass is 10.0. The van der Waals surface area contributed by atoms with Crippen molar-refractivity contribution >= 4 is 23.4 Å². The summed E-state index contributed by atoms with van der Waals surface area (Å²) in [5, 5.41) is 12.0. The van der Waals surface area contributed by atoms with Crippen LogP contribution in [0.25, 0.3) is 11.1 Å². The van der Waals surface area contributed by atoms with Crippen molar-refractivity contribution < 1.29 is 4.79 Å². The molecule has 1 amide bonds. The molecule has 0 saturated carbocycles. The lowest BCUT2D eigenvalue weighted by Crippen LogP contribution is -2.23. The SMILES string of the molecule is Cc1nnc(SC(C)C(=O)Nc2ccccc2-c2ccccc2)n1Cc1ccccc1. The summed E-state index contributed by atoms with van der Waals surface area (Å²) in [5.41, 5.74) is 4.03. The van der Waals surface area contributed by atoms with Crippen molar-refractivity contribution in [3.8, 4) is 11.1 Å². The molecule has 1 atom stereocenters. The quantitative estimate of drug-likeness (QED) is 0.399. The number of hydrogen-bond acceptors (Lipinski definition) is 4. The van der Waals surface area contributed by atoms with Gasteiger partial charge in [-0.3, -0.25) is 4.79 Å². The van der Waals surface area contributed by atoms with E-state index in [0.717, 1.165) is 27.8 Å². The molecule has 0 aliphatic rings. The standard InChI is InChI=1S/C25H24N4OS/c1-18(31-25-28-27-19(2)29(25)17-20-11-5-3-6-12-20)24(30)26-23-16-10-9-15-22(23)21-13-7-4-8-14-21/h3-16,18H,17H2,1-2H3,(H,26,30). The number of hydrogen-bond donors (Lipinski definition) is 1. The third-order valence-corrected chi connectivity index (χ3v) is 6.09. The van der Waals surface area contributed by atoms with Crippen molar-refractivity contribution in [3.63, 3.8) is 0 Å². The number of aryl methyl sites for hydroxylation is 1. The molecule has 0 radical (unpaired) electrons. The Morgan fingerprint density at radius 3 is 2.32 bits per heavy atom. The molecule has 6 heteroatoms. The number of thioether (sulfide) groups is 1. The summed E-state index contributed by atoms with van der Waals surface area (Å²) in [6.45, 7) is 4.50. The Balaban J connectivity index is 1.49. The van der Waals surface area contributed by atoms with Crippen LogP contribution < -0.4 is 5.32 Å². The van der Waals surface area contributed by atoms with E-state index in [-0.39, 0.29) is 11.2 Å². The summed E-state index contributed by atoms with van der Waals surface area (Å²) >= 11 is 1.42. The number of amides is 1. The first-order valence-corrected chi connectivity index (χ1v) is 11.1. The lowest BCUT2D eigenvalue weighted by Gasteiger charge is -2.15. The van der Waals surface area contributed by atoms with Gasteiger partial charge in [-0.25, -0.2) is 0 Å². The van der Waals surface area contributed by atoms with Gasteiger partial charge >= 0.3 is 0 Å². The van der Waals surface area contributed by atoms with E-state index in [9.17, 15) is 4.79 Å². The third-order valence-electron chi connectivity index (χ3n) is 5.01. The molecule has 1 heterocycles. The molecule has 0 saturated heterocycles. The first kappa shape index (κ1) is 20.9. The largest absolute Gasteiger partial charge is 0.325 e. The van der Waals surface area contributed by atoms with E-state index in [1.807, 2.05) is 91.2 Å². The maximum absolute atomic E-state index is 13.0. The van der Waals surface area contributed by atoms with Crippen molar-refractivity contribution in [2.75, 3.05) is 5.32 Å². The molecule has 3 aromatic carbocycles. The van der Waals surface area contributed by atoms with E-state index in [1.54, 1.807) is 0 Å². The highest BCUT2D eigenvalue weighted by molar-refractivity contribution is 8.00. The predicted molar refractivity (Wildman–Crippen MR) is 126 cm³/mol. The molecule has 1 N–H and O–H groups in total. The first-order valence-electron chi connectivity index (χ1n) is 10.2. The van der Waals surface area contributed by atoms with Gasteiger partial charge in [0, 0.05) is 11.3 Å². The van der Waals surface area contributed by atoms with Crippen molar-refractivity contribution in [1.82, 2.24) is 14.8 Å². The summed E-state index contributed by atoms with van der Waals surface area (Å²) in [4.78, 5) is 13.0. The monoisotopic (exact) mass is 428 g/mol. The second kappa shape index (κ2) is 9.62. The van der Waals surface area contributed by atoms with Crippen LogP contribution in [0.4, 0.5) is 5.69 Å². The number of nitrogens with zero attached hydrogens (tertiary/aromatic N) is 3. The molecular weight excluding hydrogens is 404 g/mol. The zero-order valence-electron chi connectivity index (χ0n) is 17.5. The zero-order valence-corrected chi connectivity index (χ0v) is 18.3. The van der Waals surface area contributed by atoms with Gasteiger partial charge in [-0.15, -0.1) is 10.2 Å². The molecule has 0 aliphatic heterocycles. The summed E-state index contributed by atoms with van der Waals surface area (Å²) in [6, 6.07) is 28.1. The minimum absolute atomic E-state index is 0.0692. The summed E-state index contributed by atoms with van der Waals surface area (Å²) in [7, 11) is 0. The average Bonchev–Trinajstić information content (AvgIpc) is 3.14. The van der Waals surface area contributed by atoms with E-state index in [1.165, 1.54) is 17.3 Å². The lowest BCUT2D eigenvalue weighted by molar-refractivity contribution is -0.115. The predicted octanol–water partition coefficient (Wildman–Crippen LogP) is 5.42. The summed E-state index contributed by atoms with van der Waals surface area (Å²) in [6.07, 6.45) is 0. The maximum atomic E-state index is 13.0. The number of carbonyl (C=O) groups excluding carboxylic acids is 1. The minimum Gasteiger partial charge on any atom is -0.325 e. The Kier molecular flexibility index (Phi) is 6.48. The van der Waals surface area contributed by atoms with Crippen LogP contribution in [0.1, 0.15) is 18.3 Å². The molecule has 4 aromatic rings. The summed E-state index contributed by atoms with van der Waals surface area (Å²) < 4.78 is 2.04. The molecule has 0 fully saturated rings. The number of anilines is 1. The van der Waals surface area contributed by atoms with Crippen LogP contribution in [-0.4, -0.2) is 25.9 Å². The highest BCUT2D eigenvalue weighted by Gasteiger charge is 2.20. The average molecular weight is 429 g/mol. The highest BCUT2D eigenvalue weighted by atomic mass is 32.2. The fourth-order valence-electron chi connectivity index (χ4n) is 3.30.